The van der Waals surface area contributed by atoms with Gasteiger partial charge in [-0.2, -0.15) is 5.26 Å². The van der Waals surface area contributed by atoms with Crippen LogP contribution in [0.4, 0.5) is 4.79 Å². The molecule has 1 atom stereocenters. The Morgan fingerprint density at radius 2 is 1.68 bits per heavy atom. The van der Waals surface area contributed by atoms with Gasteiger partial charge in [0, 0.05) is 5.56 Å². The lowest BCUT2D eigenvalue weighted by Crippen LogP contribution is -2.34. The van der Waals surface area contributed by atoms with E-state index in [4.69, 9.17) is 5.26 Å². The molecule has 1 heterocycles. The first kappa shape index (κ1) is 13.8. The van der Waals surface area contributed by atoms with Crippen LogP contribution in [0.1, 0.15) is 10.4 Å². The smallest absolute Gasteiger partial charge is 0.303 e. The fraction of sp³-hybridized carbons (Fsp3) is 0.118. The Bertz CT molecular complexity index is 748. The number of carbonyl (C=O) groups excluding carboxylic acids is 2. The predicted molar refractivity (Wildman–Crippen MR) is 80.8 cm³/mol. The van der Waals surface area contributed by atoms with Gasteiger partial charge in [-0.25, -0.2) is 4.79 Å². The number of hydrogen-bond donors (Lipinski definition) is 1. The minimum absolute atomic E-state index is 0.378. The van der Waals surface area contributed by atoms with E-state index in [-0.39, 0.29) is 0 Å². The van der Waals surface area contributed by atoms with Gasteiger partial charge < -0.3 is 4.90 Å². The molecule has 3 rings (SSSR count). The molecule has 1 aliphatic heterocycles. The molecule has 1 aliphatic rings. The standard InChI is InChI=1S/C17H13N3O2/c18-10-15-11-20(15)17(22)19-16(21)14-8-6-13(7-9-14)12-4-2-1-3-5-12/h1-9,15H,11H2,(H,19,21,22). The van der Waals surface area contributed by atoms with Crippen molar-refractivity contribution in [1.29, 1.82) is 5.26 Å². The monoisotopic (exact) mass is 291 g/mol. The fourth-order valence-corrected chi connectivity index (χ4v) is 2.16. The van der Waals surface area contributed by atoms with Crippen molar-refractivity contribution < 1.29 is 9.59 Å². The molecule has 5 heteroatoms. The first-order chi connectivity index (χ1) is 10.7. The van der Waals surface area contributed by atoms with Crippen LogP contribution in [0, 0.1) is 11.3 Å². The summed E-state index contributed by atoms with van der Waals surface area (Å²) >= 11 is 0. The molecule has 1 saturated heterocycles. The van der Waals surface area contributed by atoms with E-state index in [0.717, 1.165) is 11.1 Å². The maximum Gasteiger partial charge on any atom is 0.325 e. The molecule has 0 bridgehead atoms. The minimum Gasteiger partial charge on any atom is -0.303 e. The molecule has 3 amide bonds. The van der Waals surface area contributed by atoms with Crippen molar-refractivity contribution >= 4 is 11.9 Å². The average molecular weight is 291 g/mol. The van der Waals surface area contributed by atoms with Gasteiger partial charge >= 0.3 is 6.03 Å². The zero-order chi connectivity index (χ0) is 15.5. The molecule has 2 aromatic carbocycles. The summed E-state index contributed by atoms with van der Waals surface area (Å²) in [7, 11) is 0. The van der Waals surface area contributed by atoms with Gasteiger partial charge in [-0.3, -0.25) is 10.1 Å². The van der Waals surface area contributed by atoms with E-state index in [1.165, 1.54) is 4.90 Å². The number of hydrogen-bond acceptors (Lipinski definition) is 3. The van der Waals surface area contributed by atoms with E-state index in [1.54, 1.807) is 12.1 Å². The molecule has 2 aromatic rings. The Balaban J connectivity index is 1.67. The van der Waals surface area contributed by atoms with Crippen molar-refractivity contribution in [3.8, 4) is 17.2 Å². The van der Waals surface area contributed by atoms with Gasteiger partial charge in [0.25, 0.3) is 5.91 Å². The third kappa shape index (κ3) is 2.81. The summed E-state index contributed by atoms with van der Waals surface area (Å²) in [5.74, 6) is -0.465. The molecule has 0 spiro atoms. The summed E-state index contributed by atoms with van der Waals surface area (Å²) in [4.78, 5) is 25.0. The zero-order valence-corrected chi connectivity index (χ0v) is 11.7. The lowest BCUT2D eigenvalue weighted by Gasteiger charge is -2.06. The van der Waals surface area contributed by atoms with E-state index in [1.807, 2.05) is 48.5 Å². The average Bonchev–Trinajstić information content (AvgIpc) is 3.36. The van der Waals surface area contributed by atoms with Crippen LogP contribution in [-0.4, -0.2) is 29.4 Å². The maximum atomic E-state index is 12.0. The number of carbonyl (C=O) groups is 2. The van der Waals surface area contributed by atoms with Crippen LogP contribution in [0.25, 0.3) is 11.1 Å². The molecule has 1 unspecified atom stereocenters. The van der Waals surface area contributed by atoms with Crippen LogP contribution in [-0.2, 0) is 0 Å². The van der Waals surface area contributed by atoms with Gasteiger partial charge in [0.1, 0.15) is 6.04 Å². The van der Waals surface area contributed by atoms with E-state index >= 15 is 0 Å². The third-order valence-corrected chi connectivity index (χ3v) is 3.50. The summed E-state index contributed by atoms with van der Waals surface area (Å²) in [5, 5.41) is 10.9. The van der Waals surface area contributed by atoms with Gasteiger partial charge in [-0.15, -0.1) is 0 Å². The summed E-state index contributed by atoms with van der Waals surface area (Å²) in [5.41, 5.74) is 2.47. The van der Waals surface area contributed by atoms with E-state index in [9.17, 15) is 9.59 Å². The highest BCUT2D eigenvalue weighted by Gasteiger charge is 2.39. The highest BCUT2D eigenvalue weighted by molar-refractivity contribution is 6.05. The van der Waals surface area contributed by atoms with E-state index in [0.29, 0.717) is 12.1 Å². The largest absolute Gasteiger partial charge is 0.325 e. The third-order valence-electron chi connectivity index (χ3n) is 3.50. The molecular formula is C17H13N3O2. The van der Waals surface area contributed by atoms with Crippen LogP contribution < -0.4 is 5.32 Å². The first-order valence-electron chi connectivity index (χ1n) is 6.86. The van der Waals surface area contributed by atoms with Crippen LogP contribution in [0.2, 0.25) is 0 Å². The Kier molecular flexibility index (Phi) is 3.58. The minimum atomic E-state index is -0.524. The molecule has 0 radical (unpaired) electrons. The number of amides is 3. The second-order valence-electron chi connectivity index (χ2n) is 5.00. The maximum absolute atomic E-state index is 12.0. The van der Waals surface area contributed by atoms with Gasteiger partial charge in [0.15, 0.2) is 0 Å². The number of nitrogens with one attached hydrogen (secondary N) is 1. The normalized spacial score (nSPS) is 15.8. The SMILES string of the molecule is N#CC1CN1C(=O)NC(=O)c1ccc(-c2ccccc2)cc1. The Morgan fingerprint density at radius 1 is 1.05 bits per heavy atom. The zero-order valence-electron chi connectivity index (χ0n) is 11.7. The summed E-state index contributed by atoms with van der Waals surface area (Å²) in [6, 6.07) is 17.9. The summed E-state index contributed by atoms with van der Waals surface area (Å²) in [6.45, 7) is 0.378. The molecule has 0 saturated carbocycles. The van der Waals surface area contributed by atoms with Gasteiger partial charge in [-0.1, -0.05) is 42.5 Å². The number of rotatable bonds is 2. The molecule has 1 N–H and O–H groups in total. The van der Waals surface area contributed by atoms with Crippen molar-refractivity contribution in [1.82, 2.24) is 10.2 Å². The van der Waals surface area contributed by atoms with Crippen molar-refractivity contribution in [2.45, 2.75) is 6.04 Å². The first-order valence-corrected chi connectivity index (χ1v) is 6.86. The quantitative estimate of drug-likeness (QED) is 0.863. The van der Waals surface area contributed by atoms with Crippen molar-refractivity contribution in [2.24, 2.45) is 0 Å². The van der Waals surface area contributed by atoms with Gasteiger partial charge in [0.05, 0.1) is 12.6 Å². The number of imide groups is 1. The van der Waals surface area contributed by atoms with Crippen LogP contribution in [0.15, 0.2) is 54.6 Å². The highest BCUT2D eigenvalue weighted by atomic mass is 16.2. The van der Waals surface area contributed by atoms with Gasteiger partial charge in [0.2, 0.25) is 0 Å². The Labute approximate surface area is 127 Å². The lowest BCUT2D eigenvalue weighted by atomic mass is 10.0. The van der Waals surface area contributed by atoms with Crippen LogP contribution in [0.3, 0.4) is 0 Å². The van der Waals surface area contributed by atoms with Gasteiger partial charge in [-0.05, 0) is 23.3 Å². The number of nitriles is 1. The predicted octanol–water partition coefficient (Wildman–Crippen LogP) is 2.41. The number of nitrogens with zero attached hydrogens (tertiary/aromatic N) is 2. The Hall–Kier alpha value is -3.13. The molecule has 0 aromatic heterocycles. The lowest BCUT2D eigenvalue weighted by molar-refractivity contribution is 0.0960. The molecule has 22 heavy (non-hydrogen) atoms. The second-order valence-corrected chi connectivity index (χ2v) is 5.00. The second kappa shape index (κ2) is 5.70. The molecule has 108 valence electrons. The summed E-state index contributed by atoms with van der Waals surface area (Å²) in [6.07, 6.45) is 0. The van der Waals surface area contributed by atoms with Crippen molar-refractivity contribution in [3.63, 3.8) is 0 Å². The van der Waals surface area contributed by atoms with Crippen molar-refractivity contribution in [2.75, 3.05) is 6.54 Å². The molecule has 5 nitrogen and oxygen atoms in total. The van der Waals surface area contributed by atoms with Crippen LogP contribution >= 0.6 is 0 Å². The molecule has 1 fully saturated rings. The topological polar surface area (TPSA) is 73.0 Å². The van der Waals surface area contributed by atoms with E-state index in [2.05, 4.69) is 5.32 Å². The summed E-state index contributed by atoms with van der Waals surface area (Å²) < 4.78 is 0. The number of urea groups is 1. The highest BCUT2D eigenvalue weighted by Crippen LogP contribution is 2.19. The Morgan fingerprint density at radius 3 is 2.27 bits per heavy atom. The fourth-order valence-electron chi connectivity index (χ4n) is 2.16. The molecular weight excluding hydrogens is 278 g/mol. The van der Waals surface area contributed by atoms with E-state index < -0.39 is 18.0 Å². The molecule has 0 aliphatic carbocycles. The number of benzene rings is 2. The van der Waals surface area contributed by atoms with Crippen molar-refractivity contribution in [3.05, 3.63) is 60.2 Å². The van der Waals surface area contributed by atoms with Crippen LogP contribution in [0.5, 0.6) is 0 Å².